The molecule has 0 radical (unpaired) electrons. The number of para-hydroxylation sites is 1. The average molecular weight is 506 g/mol. The van der Waals surface area contributed by atoms with Crippen LogP contribution in [0.4, 0.5) is 10.1 Å². The van der Waals surface area contributed by atoms with Crippen molar-refractivity contribution in [1.82, 2.24) is 5.43 Å². The molecule has 184 valence electrons. The van der Waals surface area contributed by atoms with Gasteiger partial charge in [0, 0.05) is 0 Å². The highest BCUT2D eigenvalue weighted by Gasteiger charge is 2.23. The second-order valence-corrected chi connectivity index (χ2v) is 9.92. The lowest BCUT2D eigenvalue weighted by atomic mass is 10.1. The van der Waals surface area contributed by atoms with E-state index in [1.807, 2.05) is 24.3 Å². The van der Waals surface area contributed by atoms with E-state index < -0.39 is 28.3 Å². The normalized spacial score (nSPS) is 11.5. The van der Waals surface area contributed by atoms with Gasteiger partial charge in [-0.05, 0) is 58.3 Å². The minimum Gasteiger partial charge on any atom is -0.489 e. The number of hydrazone groups is 1. The zero-order chi connectivity index (χ0) is 25.5. The Kier molecular flexibility index (Phi) is 7.60. The molecule has 7 nitrogen and oxygen atoms in total. The number of benzene rings is 4. The summed E-state index contributed by atoms with van der Waals surface area (Å²) in [6.45, 7) is -0.193. The minimum absolute atomic E-state index is 0.210. The summed E-state index contributed by atoms with van der Waals surface area (Å²) >= 11 is 0. The molecule has 9 heteroatoms. The molecular formula is C27H24FN3O4S. The topological polar surface area (TPSA) is 88.1 Å². The van der Waals surface area contributed by atoms with Crippen molar-refractivity contribution in [3.8, 4) is 5.75 Å². The monoisotopic (exact) mass is 505 g/mol. The summed E-state index contributed by atoms with van der Waals surface area (Å²) in [7, 11) is -3.89. The second-order valence-electron chi connectivity index (χ2n) is 8.01. The van der Waals surface area contributed by atoms with E-state index in [1.165, 1.54) is 24.4 Å². The molecule has 0 aliphatic rings. The van der Waals surface area contributed by atoms with Crippen LogP contribution < -0.4 is 14.5 Å². The number of hydrogen-bond acceptors (Lipinski definition) is 5. The number of carbonyl (C=O) groups excluding carboxylic acids is 1. The molecule has 0 spiro atoms. The lowest BCUT2D eigenvalue weighted by Gasteiger charge is -2.21. The van der Waals surface area contributed by atoms with Gasteiger partial charge in [-0.3, -0.25) is 9.10 Å². The van der Waals surface area contributed by atoms with Crippen molar-refractivity contribution in [2.24, 2.45) is 5.10 Å². The minimum atomic E-state index is -3.89. The third kappa shape index (κ3) is 6.25. The first-order chi connectivity index (χ1) is 17.3. The molecule has 0 saturated heterocycles. The predicted molar refractivity (Wildman–Crippen MR) is 139 cm³/mol. The number of ether oxygens (including phenoxy) is 1. The van der Waals surface area contributed by atoms with Gasteiger partial charge in [0.1, 0.15) is 24.7 Å². The first kappa shape index (κ1) is 24.9. The van der Waals surface area contributed by atoms with Gasteiger partial charge in [0.25, 0.3) is 5.91 Å². The Morgan fingerprint density at radius 2 is 1.67 bits per heavy atom. The molecule has 0 saturated carbocycles. The Labute approximate surface area is 208 Å². The van der Waals surface area contributed by atoms with Gasteiger partial charge in [0.05, 0.1) is 18.2 Å². The van der Waals surface area contributed by atoms with Gasteiger partial charge in [-0.25, -0.2) is 18.2 Å². The maximum absolute atomic E-state index is 14.1. The summed E-state index contributed by atoms with van der Waals surface area (Å²) in [5.74, 6) is -0.783. The fourth-order valence-electron chi connectivity index (χ4n) is 3.61. The lowest BCUT2D eigenvalue weighted by molar-refractivity contribution is -0.119. The van der Waals surface area contributed by atoms with E-state index in [0.717, 1.165) is 28.7 Å². The Morgan fingerprint density at radius 3 is 2.42 bits per heavy atom. The molecule has 4 rings (SSSR count). The molecule has 0 aliphatic heterocycles. The highest BCUT2D eigenvalue weighted by Crippen LogP contribution is 2.22. The van der Waals surface area contributed by atoms with Crippen molar-refractivity contribution in [2.75, 3.05) is 17.1 Å². The van der Waals surface area contributed by atoms with Crippen molar-refractivity contribution in [3.63, 3.8) is 0 Å². The van der Waals surface area contributed by atoms with Crippen molar-refractivity contribution in [1.29, 1.82) is 0 Å². The first-order valence-electron chi connectivity index (χ1n) is 11.0. The van der Waals surface area contributed by atoms with Crippen LogP contribution in [0.3, 0.4) is 0 Å². The molecule has 4 aromatic carbocycles. The van der Waals surface area contributed by atoms with Gasteiger partial charge in [0.15, 0.2) is 0 Å². The zero-order valence-electron chi connectivity index (χ0n) is 19.5. The second kappa shape index (κ2) is 11.0. The highest BCUT2D eigenvalue weighted by atomic mass is 32.2. The molecule has 0 bridgehead atoms. The molecular weight excluding hydrogens is 481 g/mol. The number of fused-ring (bicyclic) bond motifs is 1. The van der Waals surface area contributed by atoms with Gasteiger partial charge < -0.3 is 4.74 Å². The Hall–Kier alpha value is -4.24. The van der Waals surface area contributed by atoms with Crippen LogP contribution in [0, 0.1) is 5.82 Å². The molecule has 1 amide bonds. The Balaban J connectivity index is 1.33. The fraction of sp³-hybridized carbons (Fsp3) is 0.111. The zero-order valence-corrected chi connectivity index (χ0v) is 20.3. The van der Waals surface area contributed by atoms with Gasteiger partial charge >= 0.3 is 0 Å². The SMILES string of the molecule is CS(=O)(=O)N(CC(=O)N/N=C\c1ccc(OCc2cccc3ccccc23)cc1)c1ccccc1F. The van der Waals surface area contributed by atoms with Crippen LogP contribution in [0.1, 0.15) is 11.1 Å². The number of rotatable bonds is 9. The fourth-order valence-corrected chi connectivity index (χ4v) is 4.47. The Morgan fingerprint density at radius 1 is 0.972 bits per heavy atom. The number of anilines is 1. The Bertz CT molecular complexity index is 1500. The largest absolute Gasteiger partial charge is 0.489 e. The number of nitrogens with zero attached hydrogens (tertiary/aromatic N) is 2. The molecule has 36 heavy (non-hydrogen) atoms. The summed E-state index contributed by atoms with van der Waals surface area (Å²) in [6.07, 6.45) is 2.32. The van der Waals surface area contributed by atoms with Gasteiger partial charge in [-0.2, -0.15) is 5.10 Å². The third-order valence-corrected chi connectivity index (χ3v) is 6.49. The quantitative estimate of drug-likeness (QED) is 0.269. The van der Waals surface area contributed by atoms with Crippen LogP contribution >= 0.6 is 0 Å². The molecule has 0 unspecified atom stereocenters. The van der Waals surface area contributed by atoms with Crippen LogP contribution in [-0.2, 0) is 21.4 Å². The average Bonchev–Trinajstić information content (AvgIpc) is 2.87. The number of amides is 1. The smallest absolute Gasteiger partial charge is 0.260 e. The number of halogens is 1. The molecule has 1 N–H and O–H groups in total. The number of nitrogens with one attached hydrogen (secondary N) is 1. The van der Waals surface area contributed by atoms with Crippen LogP contribution in [-0.4, -0.2) is 33.3 Å². The molecule has 0 atom stereocenters. The molecule has 0 aliphatic carbocycles. The maximum Gasteiger partial charge on any atom is 0.260 e. The van der Waals surface area contributed by atoms with E-state index in [4.69, 9.17) is 4.74 Å². The lowest BCUT2D eigenvalue weighted by Crippen LogP contribution is -2.39. The van der Waals surface area contributed by atoms with Crippen LogP contribution in [0.5, 0.6) is 5.75 Å². The summed E-state index contributed by atoms with van der Waals surface area (Å²) in [6, 6.07) is 26.7. The summed E-state index contributed by atoms with van der Waals surface area (Å²) in [5, 5.41) is 6.17. The summed E-state index contributed by atoms with van der Waals surface area (Å²) in [4.78, 5) is 12.3. The van der Waals surface area contributed by atoms with Crippen LogP contribution in [0.2, 0.25) is 0 Å². The van der Waals surface area contributed by atoms with Crippen molar-refractivity contribution in [2.45, 2.75) is 6.61 Å². The number of sulfonamides is 1. The summed E-state index contributed by atoms with van der Waals surface area (Å²) in [5.41, 5.74) is 3.84. The summed E-state index contributed by atoms with van der Waals surface area (Å²) < 4.78 is 44.8. The van der Waals surface area contributed by atoms with Crippen LogP contribution in [0.15, 0.2) is 96.1 Å². The van der Waals surface area contributed by atoms with Gasteiger partial charge in [0.2, 0.25) is 10.0 Å². The molecule has 0 aromatic heterocycles. The van der Waals surface area contributed by atoms with E-state index in [9.17, 15) is 17.6 Å². The third-order valence-electron chi connectivity index (χ3n) is 5.37. The van der Waals surface area contributed by atoms with Gasteiger partial charge in [-0.15, -0.1) is 0 Å². The number of carbonyl (C=O) groups is 1. The van der Waals surface area contributed by atoms with E-state index in [-0.39, 0.29) is 5.69 Å². The van der Waals surface area contributed by atoms with Crippen LogP contribution in [0.25, 0.3) is 10.8 Å². The van der Waals surface area contributed by atoms with E-state index in [2.05, 4.69) is 28.7 Å². The van der Waals surface area contributed by atoms with Gasteiger partial charge in [-0.1, -0.05) is 54.6 Å². The molecule has 0 fully saturated rings. The molecule has 4 aromatic rings. The van der Waals surface area contributed by atoms with Crippen molar-refractivity contribution < 1.29 is 22.3 Å². The maximum atomic E-state index is 14.1. The van der Waals surface area contributed by atoms with E-state index >= 15 is 0 Å². The van der Waals surface area contributed by atoms with Crippen molar-refractivity contribution >= 4 is 38.6 Å². The highest BCUT2D eigenvalue weighted by molar-refractivity contribution is 7.92. The molecule has 0 heterocycles. The predicted octanol–water partition coefficient (Wildman–Crippen LogP) is 4.47. The standard InChI is InChI=1S/C27H24FN3O4S/c1-36(33,34)31(26-12-5-4-11-25(26)28)18-27(32)30-29-17-20-13-15-23(16-14-20)35-19-22-9-6-8-21-7-2-3-10-24(21)22/h2-17H,18-19H2,1H3,(H,30,32)/b29-17-. The van der Waals surface area contributed by atoms with Crippen molar-refractivity contribution in [3.05, 3.63) is 108 Å². The van der Waals surface area contributed by atoms with E-state index in [0.29, 0.717) is 22.2 Å². The van der Waals surface area contributed by atoms with E-state index in [1.54, 1.807) is 24.3 Å². The number of hydrogen-bond donors (Lipinski definition) is 1. The first-order valence-corrected chi connectivity index (χ1v) is 12.9.